The van der Waals surface area contributed by atoms with Crippen LogP contribution in [0.2, 0.25) is 0 Å². The molecule has 0 aliphatic carbocycles. The molecule has 2 aromatic heterocycles. The highest BCUT2D eigenvalue weighted by molar-refractivity contribution is 7.22. The molecule has 0 radical (unpaired) electrons. The Morgan fingerprint density at radius 3 is 2.68 bits per heavy atom. The van der Waals surface area contributed by atoms with Gasteiger partial charge in [0.2, 0.25) is 11.8 Å². The van der Waals surface area contributed by atoms with E-state index < -0.39 is 0 Å². The highest BCUT2D eigenvalue weighted by Crippen LogP contribution is 2.27. The van der Waals surface area contributed by atoms with Crippen LogP contribution in [0.1, 0.15) is 12.5 Å². The van der Waals surface area contributed by atoms with Crippen LogP contribution in [-0.4, -0.2) is 52.9 Å². The minimum absolute atomic E-state index is 0.131. The molecule has 1 aromatic carbocycles. The number of pyridine rings is 1. The molecule has 1 N–H and O–H groups in total. The van der Waals surface area contributed by atoms with Crippen LogP contribution < -0.4 is 10.2 Å². The number of nitrogens with one attached hydrogen (secondary N) is 1. The molecular formula is C20H21N5O2S. The third kappa shape index (κ3) is 4.12. The first-order valence-corrected chi connectivity index (χ1v) is 10.0. The number of rotatable bonds is 4. The fourth-order valence-corrected chi connectivity index (χ4v) is 4.27. The monoisotopic (exact) mass is 395 g/mol. The van der Waals surface area contributed by atoms with E-state index in [0.717, 1.165) is 34.7 Å². The third-order valence-corrected chi connectivity index (χ3v) is 5.63. The molecule has 0 spiro atoms. The number of benzene rings is 1. The number of nitrogens with zero attached hydrogens (tertiary/aromatic N) is 4. The van der Waals surface area contributed by atoms with Crippen LogP contribution in [0.4, 0.5) is 10.9 Å². The van der Waals surface area contributed by atoms with E-state index >= 15 is 0 Å². The van der Waals surface area contributed by atoms with Crippen molar-refractivity contribution in [2.75, 3.05) is 36.4 Å². The minimum Gasteiger partial charge on any atom is -0.353 e. The summed E-state index contributed by atoms with van der Waals surface area (Å²) in [5.74, 6) is 0.950. The number of carbonyl (C=O) groups is 2. The maximum Gasteiger partial charge on any atom is 0.227 e. The Bertz CT molecular complexity index is 996. The van der Waals surface area contributed by atoms with Gasteiger partial charge >= 0.3 is 0 Å². The van der Waals surface area contributed by atoms with Crippen LogP contribution in [0.25, 0.3) is 10.2 Å². The van der Waals surface area contributed by atoms with Crippen molar-refractivity contribution >= 4 is 44.3 Å². The molecule has 28 heavy (non-hydrogen) atoms. The number of hydrogen-bond donors (Lipinski definition) is 1. The number of fused-ring (bicyclic) bond motifs is 1. The van der Waals surface area contributed by atoms with Crippen molar-refractivity contribution < 1.29 is 9.59 Å². The summed E-state index contributed by atoms with van der Waals surface area (Å²) in [5.41, 5.74) is 1.79. The van der Waals surface area contributed by atoms with Crippen LogP contribution in [-0.2, 0) is 16.0 Å². The molecule has 3 heterocycles. The lowest BCUT2D eigenvalue weighted by Crippen LogP contribution is -2.49. The second-order valence-corrected chi connectivity index (χ2v) is 7.77. The van der Waals surface area contributed by atoms with Gasteiger partial charge in [0.05, 0.1) is 16.6 Å². The van der Waals surface area contributed by atoms with Gasteiger partial charge in [-0.1, -0.05) is 23.5 Å². The van der Waals surface area contributed by atoms with Crippen molar-refractivity contribution in [3.05, 3.63) is 48.2 Å². The molecule has 144 valence electrons. The van der Waals surface area contributed by atoms with Gasteiger partial charge < -0.3 is 15.1 Å². The third-order valence-electron chi connectivity index (χ3n) is 4.70. The standard InChI is InChI=1S/C20H21N5O2S/c1-14(26)22-20-23-16-6-5-15(12-17(16)28-20)13-19(27)25-10-8-24(9-11-25)18-4-2-3-7-21-18/h2-7,12H,8-11,13H2,1H3,(H,22,23,26). The Kier molecular flexibility index (Phi) is 5.21. The minimum atomic E-state index is -0.140. The topological polar surface area (TPSA) is 78.4 Å². The van der Waals surface area contributed by atoms with Gasteiger partial charge in [0.1, 0.15) is 5.82 Å². The van der Waals surface area contributed by atoms with Crippen molar-refractivity contribution in [3.63, 3.8) is 0 Å². The van der Waals surface area contributed by atoms with Crippen molar-refractivity contribution in [2.45, 2.75) is 13.3 Å². The summed E-state index contributed by atoms with van der Waals surface area (Å²) < 4.78 is 0.967. The SMILES string of the molecule is CC(=O)Nc1nc2ccc(CC(=O)N3CCN(c4ccccn4)CC3)cc2s1. The largest absolute Gasteiger partial charge is 0.353 e. The summed E-state index contributed by atoms with van der Waals surface area (Å²) in [6.45, 7) is 4.44. The molecule has 8 heteroatoms. The zero-order chi connectivity index (χ0) is 19.5. The first-order chi connectivity index (χ1) is 13.6. The lowest BCUT2D eigenvalue weighted by atomic mass is 10.1. The van der Waals surface area contributed by atoms with Gasteiger partial charge in [0, 0.05) is 39.3 Å². The molecule has 1 fully saturated rings. The van der Waals surface area contributed by atoms with E-state index in [2.05, 4.69) is 20.2 Å². The van der Waals surface area contributed by atoms with Gasteiger partial charge in [0.25, 0.3) is 0 Å². The number of hydrogen-bond acceptors (Lipinski definition) is 6. The first kappa shape index (κ1) is 18.4. The molecular weight excluding hydrogens is 374 g/mol. The lowest BCUT2D eigenvalue weighted by molar-refractivity contribution is -0.130. The predicted octanol–water partition coefficient (Wildman–Crippen LogP) is 2.54. The highest BCUT2D eigenvalue weighted by Gasteiger charge is 2.22. The van der Waals surface area contributed by atoms with Gasteiger partial charge in [-0.3, -0.25) is 9.59 Å². The second kappa shape index (κ2) is 7.93. The summed E-state index contributed by atoms with van der Waals surface area (Å²) in [7, 11) is 0. The molecule has 7 nitrogen and oxygen atoms in total. The smallest absolute Gasteiger partial charge is 0.227 e. The number of thiazole rings is 1. The zero-order valence-electron chi connectivity index (χ0n) is 15.6. The zero-order valence-corrected chi connectivity index (χ0v) is 16.4. The summed E-state index contributed by atoms with van der Waals surface area (Å²) in [4.78, 5) is 36.8. The van der Waals surface area contributed by atoms with Gasteiger partial charge in [-0.15, -0.1) is 0 Å². The van der Waals surface area contributed by atoms with Crippen molar-refractivity contribution in [2.24, 2.45) is 0 Å². The van der Waals surface area contributed by atoms with E-state index in [-0.39, 0.29) is 11.8 Å². The Labute approximate surface area is 167 Å². The Morgan fingerprint density at radius 1 is 1.14 bits per heavy atom. The number of aromatic nitrogens is 2. The molecule has 0 unspecified atom stereocenters. The number of carbonyl (C=O) groups excluding carboxylic acids is 2. The Hall–Kier alpha value is -3.00. The maximum atomic E-state index is 12.7. The van der Waals surface area contributed by atoms with Crippen LogP contribution in [0.5, 0.6) is 0 Å². The molecule has 3 aromatic rings. The Morgan fingerprint density at radius 2 is 1.96 bits per heavy atom. The van der Waals surface area contributed by atoms with E-state index in [1.54, 1.807) is 6.20 Å². The fraction of sp³-hybridized carbons (Fsp3) is 0.300. The maximum absolute atomic E-state index is 12.7. The summed E-state index contributed by atoms with van der Waals surface area (Å²) in [5, 5.41) is 3.29. The summed E-state index contributed by atoms with van der Waals surface area (Å²) in [6, 6.07) is 11.7. The second-order valence-electron chi connectivity index (χ2n) is 6.73. The van der Waals surface area contributed by atoms with E-state index in [4.69, 9.17) is 0 Å². The average molecular weight is 395 g/mol. The van der Waals surface area contributed by atoms with E-state index in [1.807, 2.05) is 41.3 Å². The molecule has 4 rings (SSSR count). The van der Waals surface area contributed by atoms with Crippen LogP contribution in [0.3, 0.4) is 0 Å². The molecule has 1 aliphatic rings. The molecule has 0 atom stereocenters. The number of anilines is 2. The molecule has 1 aliphatic heterocycles. The average Bonchev–Trinajstić information content (AvgIpc) is 3.09. The normalized spacial score (nSPS) is 14.3. The van der Waals surface area contributed by atoms with Gasteiger partial charge in [-0.25, -0.2) is 9.97 Å². The molecule has 0 saturated carbocycles. The predicted molar refractivity (Wildman–Crippen MR) is 111 cm³/mol. The van der Waals surface area contributed by atoms with Gasteiger partial charge in [-0.2, -0.15) is 0 Å². The molecule has 2 amide bonds. The van der Waals surface area contributed by atoms with Crippen molar-refractivity contribution in [1.29, 1.82) is 0 Å². The Balaban J connectivity index is 1.38. The quantitative estimate of drug-likeness (QED) is 0.735. The number of piperazine rings is 1. The van der Waals surface area contributed by atoms with Crippen molar-refractivity contribution in [3.8, 4) is 0 Å². The van der Waals surface area contributed by atoms with E-state index in [1.165, 1.54) is 18.3 Å². The summed E-state index contributed by atoms with van der Waals surface area (Å²) in [6.07, 6.45) is 2.16. The van der Waals surface area contributed by atoms with Gasteiger partial charge in [-0.05, 0) is 29.8 Å². The van der Waals surface area contributed by atoms with Crippen LogP contribution in [0, 0.1) is 0 Å². The fourth-order valence-electron chi connectivity index (χ4n) is 3.30. The van der Waals surface area contributed by atoms with E-state index in [0.29, 0.717) is 24.6 Å². The lowest BCUT2D eigenvalue weighted by Gasteiger charge is -2.35. The van der Waals surface area contributed by atoms with Crippen LogP contribution in [0.15, 0.2) is 42.6 Å². The number of amides is 2. The molecule has 0 bridgehead atoms. The van der Waals surface area contributed by atoms with E-state index in [9.17, 15) is 9.59 Å². The van der Waals surface area contributed by atoms with Crippen molar-refractivity contribution in [1.82, 2.24) is 14.9 Å². The first-order valence-electron chi connectivity index (χ1n) is 9.19. The summed E-state index contributed by atoms with van der Waals surface area (Å²) >= 11 is 1.42. The molecule has 1 saturated heterocycles. The van der Waals surface area contributed by atoms with Crippen LogP contribution >= 0.6 is 11.3 Å². The highest BCUT2D eigenvalue weighted by atomic mass is 32.1. The van der Waals surface area contributed by atoms with Gasteiger partial charge in [0.15, 0.2) is 5.13 Å².